The molecule has 1 N–H and O–H groups in total. The number of fused-ring (bicyclic) bond motifs is 5. The Hall–Kier alpha value is -1.97. The molecule has 4 saturated carbocycles. The monoisotopic (exact) mass is 578 g/mol. The van der Waals surface area contributed by atoms with E-state index in [-0.39, 0.29) is 17.8 Å². The summed E-state index contributed by atoms with van der Waals surface area (Å²) in [5.41, 5.74) is 1.72. The summed E-state index contributed by atoms with van der Waals surface area (Å²) in [6, 6.07) is 5.07. The van der Waals surface area contributed by atoms with Crippen LogP contribution in [0.3, 0.4) is 0 Å². The molecule has 1 aromatic rings. The Morgan fingerprint density at radius 2 is 1.71 bits per heavy atom. The van der Waals surface area contributed by atoms with Crippen LogP contribution >= 0.6 is 0 Å². The van der Waals surface area contributed by atoms with Gasteiger partial charge in [-0.15, -0.1) is 0 Å². The number of esters is 1. The van der Waals surface area contributed by atoms with E-state index in [1.165, 1.54) is 71.0 Å². The van der Waals surface area contributed by atoms with Gasteiger partial charge in [0.1, 0.15) is 6.10 Å². The number of methoxy groups -OCH3 is 1. The lowest BCUT2D eigenvalue weighted by molar-refractivity contribution is -0.157. The number of phenolic OH excluding ortho intramolecular Hbond substituents is 1. The van der Waals surface area contributed by atoms with Crippen molar-refractivity contribution in [2.24, 2.45) is 58.2 Å². The number of phenols is 1. The fourth-order valence-corrected chi connectivity index (χ4v) is 10.5. The van der Waals surface area contributed by atoms with Crippen molar-refractivity contribution in [3.63, 3.8) is 0 Å². The van der Waals surface area contributed by atoms with Crippen LogP contribution < -0.4 is 4.74 Å². The second kappa shape index (κ2) is 12.6. The summed E-state index contributed by atoms with van der Waals surface area (Å²) in [6.07, 6.45) is 17.6. The number of rotatable bonds is 9. The van der Waals surface area contributed by atoms with E-state index in [1.807, 2.05) is 0 Å². The number of benzene rings is 1. The van der Waals surface area contributed by atoms with Crippen LogP contribution in [0, 0.1) is 58.2 Å². The summed E-state index contributed by atoms with van der Waals surface area (Å²) in [4.78, 5) is 12.7. The van der Waals surface area contributed by atoms with Gasteiger partial charge in [-0.3, -0.25) is 0 Å². The van der Waals surface area contributed by atoms with Crippen molar-refractivity contribution >= 4 is 12.0 Å². The van der Waals surface area contributed by atoms with Gasteiger partial charge in [-0.2, -0.15) is 0 Å². The third-order valence-electron chi connectivity index (χ3n) is 13.5. The van der Waals surface area contributed by atoms with E-state index in [2.05, 4.69) is 41.5 Å². The molecule has 0 heterocycles. The summed E-state index contributed by atoms with van der Waals surface area (Å²) in [5, 5.41) is 9.82. The SMILES string of the molecule is COc1cc(/C=C/C(=O)O[C@H]2CC[C@@]3(C)[C@@H](CC[C@@H]4[C@@H]3CC[C@]3(C)[C@H](C(C)CC[C@@H](C)C(C)C)CC[C@@H]43)C2)ccc1O. The van der Waals surface area contributed by atoms with E-state index in [9.17, 15) is 9.90 Å². The molecule has 0 spiro atoms. The van der Waals surface area contributed by atoms with Gasteiger partial charge in [0.25, 0.3) is 0 Å². The normalized spacial score (nSPS) is 37.5. The third-order valence-corrected chi connectivity index (χ3v) is 13.5. The summed E-state index contributed by atoms with van der Waals surface area (Å²) in [5.74, 6) is 6.88. The fourth-order valence-electron chi connectivity index (χ4n) is 10.5. The smallest absolute Gasteiger partial charge is 0.331 e. The van der Waals surface area contributed by atoms with E-state index < -0.39 is 0 Å². The van der Waals surface area contributed by atoms with Crippen molar-refractivity contribution in [3.8, 4) is 11.5 Å². The highest BCUT2D eigenvalue weighted by molar-refractivity contribution is 5.87. The average molecular weight is 579 g/mol. The lowest BCUT2D eigenvalue weighted by Crippen LogP contribution is -2.54. The molecule has 10 atom stereocenters. The Kier molecular flexibility index (Phi) is 9.41. The van der Waals surface area contributed by atoms with Gasteiger partial charge in [-0.1, -0.05) is 60.5 Å². The van der Waals surface area contributed by atoms with Crippen LogP contribution in [0.15, 0.2) is 24.3 Å². The molecule has 0 bridgehead atoms. The first-order valence-electron chi connectivity index (χ1n) is 17.2. The summed E-state index contributed by atoms with van der Waals surface area (Å²) >= 11 is 0. The molecule has 5 rings (SSSR count). The Labute approximate surface area is 256 Å². The van der Waals surface area contributed by atoms with Crippen molar-refractivity contribution in [1.29, 1.82) is 0 Å². The van der Waals surface area contributed by atoms with Gasteiger partial charge in [0.15, 0.2) is 11.5 Å². The number of aromatic hydroxyl groups is 1. The fraction of sp³-hybridized carbons (Fsp3) is 0.763. The van der Waals surface area contributed by atoms with Gasteiger partial charge in [-0.05, 0) is 140 Å². The first kappa shape index (κ1) is 31.5. The highest BCUT2D eigenvalue weighted by atomic mass is 16.5. The van der Waals surface area contributed by atoms with E-state index >= 15 is 0 Å². The maximum atomic E-state index is 12.7. The maximum Gasteiger partial charge on any atom is 0.331 e. The van der Waals surface area contributed by atoms with Gasteiger partial charge in [0, 0.05) is 6.08 Å². The van der Waals surface area contributed by atoms with Crippen molar-refractivity contribution < 1.29 is 19.4 Å². The molecule has 4 aliphatic rings. The molecule has 0 saturated heterocycles. The Morgan fingerprint density at radius 3 is 2.45 bits per heavy atom. The lowest BCUT2D eigenvalue weighted by Gasteiger charge is -2.61. The molecular weight excluding hydrogens is 520 g/mol. The quantitative estimate of drug-likeness (QED) is 0.234. The molecule has 1 aromatic carbocycles. The molecule has 0 radical (unpaired) electrons. The van der Waals surface area contributed by atoms with E-state index in [4.69, 9.17) is 9.47 Å². The van der Waals surface area contributed by atoms with Gasteiger partial charge < -0.3 is 14.6 Å². The molecule has 4 nitrogen and oxygen atoms in total. The van der Waals surface area contributed by atoms with Gasteiger partial charge >= 0.3 is 5.97 Å². The van der Waals surface area contributed by atoms with Gasteiger partial charge in [0.2, 0.25) is 0 Å². The van der Waals surface area contributed by atoms with Gasteiger partial charge in [0.05, 0.1) is 7.11 Å². The van der Waals surface area contributed by atoms with Crippen molar-refractivity contribution in [3.05, 3.63) is 29.8 Å². The minimum atomic E-state index is -0.272. The molecule has 0 amide bonds. The predicted molar refractivity (Wildman–Crippen MR) is 171 cm³/mol. The second-order valence-corrected chi connectivity index (χ2v) is 15.8. The minimum Gasteiger partial charge on any atom is -0.504 e. The zero-order valence-corrected chi connectivity index (χ0v) is 27.5. The van der Waals surface area contributed by atoms with Gasteiger partial charge in [-0.25, -0.2) is 4.79 Å². The molecular formula is C38H58O4. The number of hydrogen-bond acceptors (Lipinski definition) is 4. The van der Waals surface area contributed by atoms with Crippen LogP contribution in [0.4, 0.5) is 0 Å². The topological polar surface area (TPSA) is 55.8 Å². The van der Waals surface area contributed by atoms with Crippen molar-refractivity contribution in [1.82, 2.24) is 0 Å². The Morgan fingerprint density at radius 1 is 0.976 bits per heavy atom. The highest BCUT2D eigenvalue weighted by Crippen LogP contribution is 2.68. The van der Waals surface area contributed by atoms with Crippen LogP contribution in [0.5, 0.6) is 11.5 Å². The van der Waals surface area contributed by atoms with Crippen LogP contribution in [-0.4, -0.2) is 24.3 Å². The zero-order valence-electron chi connectivity index (χ0n) is 27.5. The molecule has 1 unspecified atom stereocenters. The maximum absolute atomic E-state index is 12.7. The van der Waals surface area contributed by atoms with Crippen molar-refractivity contribution in [2.45, 2.75) is 118 Å². The lowest BCUT2D eigenvalue weighted by atomic mass is 9.44. The summed E-state index contributed by atoms with van der Waals surface area (Å²) in [7, 11) is 1.52. The molecule has 4 aliphatic carbocycles. The Bertz CT molecular complexity index is 1120. The number of carbonyl (C=O) groups is 1. The summed E-state index contributed by atoms with van der Waals surface area (Å²) in [6.45, 7) is 15.1. The number of carbonyl (C=O) groups excluding carboxylic acids is 1. The Balaban J connectivity index is 1.18. The van der Waals surface area contributed by atoms with Crippen LogP contribution in [-0.2, 0) is 9.53 Å². The number of ether oxygens (including phenoxy) is 2. The largest absolute Gasteiger partial charge is 0.504 e. The third kappa shape index (κ3) is 6.03. The van der Waals surface area contributed by atoms with Crippen LogP contribution in [0.25, 0.3) is 6.08 Å². The van der Waals surface area contributed by atoms with E-state index in [0.29, 0.717) is 22.5 Å². The highest BCUT2D eigenvalue weighted by Gasteiger charge is 2.60. The van der Waals surface area contributed by atoms with Crippen LogP contribution in [0.1, 0.15) is 118 Å². The van der Waals surface area contributed by atoms with Crippen molar-refractivity contribution in [2.75, 3.05) is 7.11 Å². The molecule has 4 fully saturated rings. The molecule has 42 heavy (non-hydrogen) atoms. The first-order chi connectivity index (χ1) is 20.0. The standard InChI is InChI=1S/C38H58O4/c1-24(2)25(3)8-9-26(4)31-14-15-32-30-13-12-28-23-29(18-20-37(28,5)33(30)19-21-38(31,32)6)42-36(40)17-11-27-10-16-34(39)35(22-27)41-7/h10-11,16-17,22,24-26,28-33,39H,8-9,12-15,18-21,23H2,1-7H3/b17-11+/t25-,26?,28+,29+,30+,31+,32+,33+,37+,38-/m1/s1. The van der Waals surface area contributed by atoms with Crippen LogP contribution in [0.2, 0.25) is 0 Å². The molecule has 234 valence electrons. The van der Waals surface area contributed by atoms with E-state index in [1.54, 1.807) is 24.3 Å². The predicted octanol–water partition coefficient (Wildman–Crippen LogP) is 9.69. The molecule has 4 heteroatoms. The summed E-state index contributed by atoms with van der Waals surface area (Å²) < 4.78 is 11.2. The molecule has 0 aliphatic heterocycles. The average Bonchev–Trinajstić information content (AvgIpc) is 3.32. The first-order valence-corrected chi connectivity index (χ1v) is 17.2. The number of hydrogen-bond donors (Lipinski definition) is 1. The minimum absolute atomic E-state index is 0.0185. The molecule has 0 aromatic heterocycles. The second-order valence-electron chi connectivity index (χ2n) is 15.8. The van der Waals surface area contributed by atoms with E-state index in [0.717, 1.165) is 59.8 Å². The zero-order chi connectivity index (χ0) is 30.2.